The van der Waals surface area contributed by atoms with E-state index in [1.54, 1.807) is 11.8 Å². The number of carbonyl (C=O) groups is 1. The third-order valence-corrected chi connectivity index (χ3v) is 3.30. The van der Waals surface area contributed by atoms with Crippen LogP contribution in [0.15, 0.2) is 4.42 Å². The highest BCUT2D eigenvalue weighted by Crippen LogP contribution is 2.26. The maximum absolute atomic E-state index is 12.3. The predicted octanol–water partition coefficient (Wildman–Crippen LogP) is 2.21. The van der Waals surface area contributed by atoms with Gasteiger partial charge in [0.25, 0.3) is 0 Å². The van der Waals surface area contributed by atoms with E-state index >= 15 is 0 Å². The summed E-state index contributed by atoms with van der Waals surface area (Å²) in [5.41, 5.74) is -0.864. The van der Waals surface area contributed by atoms with Gasteiger partial charge in [-0.25, -0.2) is 4.79 Å². The SMILES string of the molecule is Cc1nnc(N2CCN(C(=O)OC(C)(C)C)C(C)(C)C2)o1. The number of piperazine rings is 1. The van der Waals surface area contributed by atoms with Crippen LogP contribution in [0.4, 0.5) is 10.8 Å². The third kappa shape index (κ3) is 3.65. The number of ether oxygens (including phenoxy) is 1. The van der Waals surface area contributed by atoms with E-state index in [1.807, 2.05) is 39.5 Å². The summed E-state index contributed by atoms with van der Waals surface area (Å²) in [6.45, 7) is 13.2. The van der Waals surface area contributed by atoms with Crippen LogP contribution < -0.4 is 4.90 Å². The Hall–Kier alpha value is -1.79. The largest absolute Gasteiger partial charge is 0.444 e. The molecule has 0 spiro atoms. The Morgan fingerprint density at radius 2 is 1.95 bits per heavy atom. The lowest BCUT2D eigenvalue weighted by molar-refractivity contribution is -0.0000438. The van der Waals surface area contributed by atoms with Gasteiger partial charge in [0.15, 0.2) is 0 Å². The Morgan fingerprint density at radius 3 is 2.43 bits per heavy atom. The third-order valence-electron chi connectivity index (χ3n) is 3.30. The van der Waals surface area contributed by atoms with E-state index in [0.29, 0.717) is 31.5 Å². The van der Waals surface area contributed by atoms with Gasteiger partial charge in [-0.1, -0.05) is 5.10 Å². The minimum Gasteiger partial charge on any atom is -0.444 e. The van der Waals surface area contributed by atoms with E-state index in [-0.39, 0.29) is 11.6 Å². The van der Waals surface area contributed by atoms with Gasteiger partial charge in [-0.3, -0.25) is 4.90 Å². The molecule has 1 aromatic heterocycles. The smallest absolute Gasteiger partial charge is 0.410 e. The number of rotatable bonds is 1. The van der Waals surface area contributed by atoms with Crippen LogP contribution in [0.3, 0.4) is 0 Å². The van der Waals surface area contributed by atoms with E-state index in [4.69, 9.17) is 9.15 Å². The van der Waals surface area contributed by atoms with Gasteiger partial charge < -0.3 is 14.1 Å². The first-order valence-corrected chi connectivity index (χ1v) is 7.14. The van der Waals surface area contributed by atoms with Crippen LogP contribution in [0.2, 0.25) is 0 Å². The maximum Gasteiger partial charge on any atom is 0.410 e. The summed E-state index contributed by atoms with van der Waals surface area (Å²) in [7, 11) is 0. The van der Waals surface area contributed by atoms with Crippen molar-refractivity contribution >= 4 is 12.1 Å². The summed E-state index contributed by atoms with van der Waals surface area (Å²) >= 11 is 0. The van der Waals surface area contributed by atoms with Crippen molar-refractivity contribution in [3.8, 4) is 0 Å². The second-order valence-corrected chi connectivity index (χ2v) is 6.97. The quantitative estimate of drug-likeness (QED) is 0.791. The molecule has 1 fully saturated rings. The number of aryl methyl sites for hydroxylation is 1. The number of nitrogens with zero attached hydrogens (tertiary/aromatic N) is 4. The molecule has 1 aliphatic rings. The molecule has 0 aliphatic carbocycles. The molecule has 1 amide bonds. The van der Waals surface area contributed by atoms with Crippen LogP contribution in [0.5, 0.6) is 0 Å². The molecule has 21 heavy (non-hydrogen) atoms. The normalized spacial score (nSPS) is 18.8. The van der Waals surface area contributed by atoms with E-state index in [1.165, 1.54) is 0 Å². The molecule has 0 aromatic carbocycles. The molecule has 2 heterocycles. The monoisotopic (exact) mass is 296 g/mol. The Kier molecular flexibility index (Phi) is 3.86. The van der Waals surface area contributed by atoms with Gasteiger partial charge in [0, 0.05) is 26.6 Å². The van der Waals surface area contributed by atoms with Crippen molar-refractivity contribution in [2.45, 2.75) is 52.7 Å². The average Bonchev–Trinajstić information content (AvgIpc) is 2.71. The standard InChI is InChI=1S/C14H24N4O3/c1-10-15-16-11(20-10)17-7-8-18(14(5,6)9-17)12(19)21-13(2,3)4/h7-9H2,1-6H3. The predicted molar refractivity (Wildman–Crippen MR) is 78.3 cm³/mol. The first kappa shape index (κ1) is 15.6. The zero-order valence-corrected chi connectivity index (χ0v) is 13.6. The molecule has 0 radical (unpaired) electrons. The van der Waals surface area contributed by atoms with Gasteiger partial charge in [-0.2, -0.15) is 0 Å². The van der Waals surface area contributed by atoms with Crippen molar-refractivity contribution in [2.75, 3.05) is 24.5 Å². The molecule has 0 bridgehead atoms. The van der Waals surface area contributed by atoms with Crippen molar-refractivity contribution in [1.29, 1.82) is 0 Å². The first-order chi connectivity index (χ1) is 9.58. The fraction of sp³-hybridized carbons (Fsp3) is 0.786. The number of hydrogen-bond donors (Lipinski definition) is 0. The summed E-state index contributed by atoms with van der Waals surface area (Å²) < 4.78 is 10.9. The molecule has 0 unspecified atom stereocenters. The molecule has 0 saturated carbocycles. The number of amides is 1. The topological polar surface area (TPSA) is 71.7 Å². The number of hydrogen-bond acceptors (Lipinski definition) is 6. The van der Waals surface area contributed by atoms with Crippen molar-refractivity contribution in [1.82, 2.24) is 15.1 Å². The van der Waals surface area contributed by atoms with Gasteiger partial charge in [0.1, 0.15) is 5.60 Å². The van der Waals surface area contributed by atoms with E-state index < -0.39 is 5.60 Å². The summed E-state index contributed by atoms with van der Waals surface area (Å²) in [6.07, 6.45) is -0.283. The van der Waals surface area contributed by atoms with Crippen LogP contribution >= 0.6 is 0 Å². The first-order valence-electron chi connectivity index (χ1n) is 7.14. The van der Waals surface area contributed by atoms with Gasteiger partial charge in [0.2, 0.25) is 5.89 Å². The van der Waals surface area contributed by atoms with Crippen molar-refractivity contribution in [2.24, 2.45) is 0 Å². The van der Waals surface area contributed by atoms with Crippen molar-refractivity contribution < 1.29 is 13.9 Å². The highest BCUT2D eigenvalue weighted by Gasteiger charge is 2.40. The molecule has 1 aromatic rings. The van der Waals surface area contributed by atoms with Crippen molar-refractivity contribution in [3.05, 3.63) is 5.89 Å². The Balaban J connectivity index is 2.08. The lowest BCUT2D eigenvalue weighted by Crippen LogP contribution is -2.62. The molecule has 0 N–H and O–H groups in total. The van der Waals surface area contributed by atoms with E-state index in [9.17, 15) is 4.79 Å². The summed E-state index contributed by atoms with van der Waals surface area (Å²) in [5.74, 6) is 0.539. The maximum atomic E-state index is 12.3. The fourth-order valence-electron chi connectivity index (χ4n) is 2.39. The lowest BCUT2D eigenvalue weighted by Gasteiger charge is -2.46. The average molecular weight is 296 g/mol. The fourth-order valence-corrected chi connectivity index (χ4v) is 2.39. The molecular weight excluding hydrogens is 272 g/mol. The molecule has 118 valence electrons. The van der Waals surface area contributed by atoms with Gasteiger partial charge in [-0.15, -0.1) is 5.10 Å². The second-order valence-electron chi connectivity index (χ2n) is 6.97. The second kappa shape index (κ2) is 5.20. The van der Waals surface area contributed by atoms with Gasteiger partial charge >= 0.3 is 12.1 Å². The summed E-state index contributed by atoms with van der Waals surface area (Å²) in [5, 5.41) is 7.89. The lowest BCUT2D eigenvalue weighted by atomic mass is 10.00. The molecule has 2 rings (SSSR count). The van der Waals surface area contributed by atoms with Crippen LogP contribution in [0.25, 0.3) is 0 Å². The zero-order chi connectivity index (χ0) is 15.8. The van der Waals surface area contributed by atoms with E-state index in [0.717, 1.165) is 0 Å². The Labute approximate surface area is 125 Å². The number of carbonyl (C=O) groups excluding carboxylic acids is 1. The number of anilines is 1. The minimum absolute atomic E-state index is 0.283. The van der Waals surface area contributed by atoms with E-state index in [2.05, 4.69) is 10.2 Å². The van der Waals surface area contributed by atoms with Crippen LogP contribution in [0, 0.1) is 6.92 Å². The molecule has 7 nitrogen and oxygen atoms in total. The highest BCUT2D eigenvalue weighted by atomic mass is 16.6. The Morgan fingerprint density at radius 1 is 1.29 bits per heavy atom. The Bertz CT molecular complexity index is 519. The molecule has 7 heteroatoms. The van der Waals surface area contributed by atoms with Gasteiger partial charge in [0.05, 0.1) is 5.54 Å². The highest BCUT2D eigenvalue weighted by molar-refractivity contribution is 5.69. The van der Waals surface area contributed by atoms with Crippen molar-refractivity contribution in [3.63, 3.8) is 0 Å². The van der Waals surface area contributed by atoms with Gasteiger partial charge in [-0.05, 0) is 34.6 Å². The minimum atomic E-state index is -0.492. The van der Waals surface area contributed by atoms with Crippen LogP contribution in [0.1, 0.15) is 40.5 Å². The number of aromatic nitrogens is 2. The van der Waals surface area contributed by atoms with Crippen LogP contribution in [-0.4, -0.2) is 52.0 Å². The van der Waals surface area contributed by atoms with Crippen LogP contribution in [-0.2, 0) is 4.74 Å². The summed E-state index contributed by atoms with van der Waals surface area (Å²) in [6, 6.07) is 0.504. The molecule has 1 aliphatic heterocycles. The molecule has 0 atom stereocenters. The molecule has 1 saturated heterocycles. The zero-order valence-electron chi connectivity index (χ0n) is 13.6. The summed E-state index contributed by atoms with van der Waals surface area (Å²) in [4.78, 5) is 16.1. The molecular formula is C14H24N4O3.